The van der Waals surface area contributed by atoms with E-state index in [-0.39, 0.29) is 11.2 Å². The van der Waals surface area contributed by atoms with Crippen LogP contribution in [0.5, 0.6) is 5.75 Å². The molecule has 0 saturated heterocycles. The van der Waals surface area contributed by atoms with E-state index in [9.17, 15) is 4.79 Å². The lowest BCUT2D eigenvalue weighted by atomic mass is 9.98. The highest BCUT2D eigenvalue weighted by Gasteiger charge is 2.26. The Hall–Kier alpha value is -1.65. The largest absolute Gasteiger partial charge is 0.489 e. The van der Waals surface area contributed by atoms with Crippen LogP contribution in [0, 0.1) is 0 Å². The third-order valence-corrected chi connectivity index (χ3v) is 5.49. The molecule has 0 bridgehead atoms. The minimum atomic E-state index is -0.341. The van der Waals surface area contributed by atoms with Crippen molar-refractivity contribution in [3.63, 3.8) is 0 Å². The van der Waals surface area contributed by atoms with Crippen molar-refractivity contribution in [1.82, 2.24) is 0 Å². The summed E-state index contributed by atoms with van der Waals surface area (Å²) in [5.41, 5.74) is 3.90. The topological polar surface area (TPSA) is 35.5 Å². The number of fused-ring (bicyclic) bond motifs is 2. The SMILES string of the molecule is COC(=O)c1ccc2c(c1)C(SCCCl)c1ccccc1CO2. The molecule has 0 aromatic heterocycles. The van der Waals surface area contributed by atoms with Crippen LogP contribution < -0.4 is 4.74 Å². The van der Waals surface area contributed by atoms with Crippen molar-refractivity contribution in [2.75, 3.05) is 18.7 Å². The average Bonchev–Trinajstić information content (AvgIpc) is 2.75. The molecule has 0 radical (unpaired) electrons. The van der Waals surface area contributed by atoms with Crippen molar-refractivity contribution in [2.45, 2.75) is 11.9 Å². The van der Waals surface area contributed by atoms with Gasteiger partial charge in [-0.2, -0.15) is 0 Å². The fourth-order valence-electron chi connectivity index (χ4n) is 2.72. The van der Waals surface area contributed by atoms with Gasteiger partial charge in [-0.25, -0.2) is 4.79 Å². The van der Waals surface area contributed by atoms with Crippen molar-refractivity contribution in [1.29, 1.82) is 0 Å². The molecule has 1 aliphatic rings. The predicted octanol–water partition coefficient (Wildman–Crippen LogP) is 4.43. The van der Waals surface area contributed by atoms with Gasteiger partial charge in [0.1, 0.15) is 12.4 Å². The molecule has 5 heteroatoms. The maximum absolute atomic E-state index is 11.9. The van der Waals surface area contributed by atoms with Gasteiger partial charge in [-0.3, -0.25) is 0 Å². The number of hydrogen-bond acceptors (Lipinski definition) is 4. The first-order chi connectivity index (χ1) is 11.2. The van der Waals surface area contributed by atoms with E-state index in [4.69, 9.17) is 21.1 Å². The van der Waals surface area contributed by atoms with Gasteiger partial charge in [0.15, 0.2) is 0 Å². The molecule has 0 amide bonds. The van der Waals surface area contributed by atoms with Gasteiger partial charge in [0.05, 0.1) is 17.9 Å². The smallest absolute Gasteiger partial charge is 0.337 e. The lowest BCUT2D eigenvalue weighted by Crippen LogP contribution is -2.05. The molecule has 0 spiro atoms. The number of ether oxygens (including phenoxy) is 2. The van der Waals surface area contributed by atoms with Crippen LogP contribution in [0.2, 0.25) is 0 Å². The first kappa shape index (κ1) is 16.2. The molecular formula is C18H17ClO3S. The predicted molar refractivity (Wildman–Crippen MR) is 93.6 cm³/mol. The number of halogens is 1. The molecule has 2 aromatic rings. The highest BCUT2D eigenvalue weighted by atomic mass is 35.5. The molecule has 23 heavy (non-hydrogen) atoms. The summed E-state index contributed by atoms with van der Waals surface area (Å²) in [5, 5.41) is 0.0899. The monoisotopic (exact) mass is 348 g/mol. The van der Waals surface area contributed by atoms with Crippen LogP contribution in [-0.2, 0) is 11.3 Å². The highest BCUT2D eigenvalue weighted by Crippen LogP contribution is 2.44. The normalized spacial score (nSPS) is 15.8. The Balaban J connectivity index is 2.10. The van der Waals surface area contributed by atoms with Crippen molar-refractivity contribution in [3.8, 4) is 5.75 Å². The molecule has 120 valence electrons. The van der Waals surface area contributed by atoms with Gasteiger partial charge >= 0.3 is 5.97 Å². The third-order valence-electron chi connectivity index (χ3n) is 3.80. The molecule has 0 N–H and O–H groups in total. The fraction of sp³-hybridized carbons (Fsp3) is 0.278. The highest BCUT2D eigenvalue weighted by molar-refractivity contribution is 7.99. The second-order valence-electron chi connectivity index (χ2n) is 5.17. The van der Waals surface area contributed by atoms with E-state index in [0.29, 0.717) is 18.1 Å². The summed E-state index contributed by atoms with van der Waals surface area (Å²) in [7, 11) is 1.39. The second kappa shape index (κ2) is 7.28. The fourth-order valence-corrected chi connectivity index (χ4v) is 4.08. The Morgan fingerprint density at radius 2 is 2.13 bits per heavy atom. The van der Waals surface area contributed by atoms with Crippen molar-refractivity contribution in [2.24, 2.45) is 0 Å². The third kappa shape index (κ3) is 3.33. The summed E-state index contributed by atoms with van der Waals surface area (Å²) >= 11 is 7.65. The number of thioether (sulfide) groups is 1. The number of benzene rings is 2. The summed E-state index contributed by atoms with van der Waals surface area (Å²) in [6.45, 7) is 0.526. The molecule has 2 aromatic carbocycles. The summed E-state index contributed by atoms with van der Waals surface area (Å²) in [5.74, 6) is 1.87. The van der Waals surface area contributed by atoms with Crippen LogP contribution in [-0.4, -0.2) is 24.7 Å². The Kier molecular flexibility index (Phi) is 5.13. The van der Waals surface area contributed by atoms with E-state index in [1.807, 2.05) is 24.3 Å². The van der Waals surface area contributed by atoms with Gasteiger partial charge in [0.25, 0.3) is 0 Å². The number of carbonyl (C=O) groups is 1. The molecule has 0 fully saturated rings. The lowest BCUT2D eigenvalue weighted by Gasteiger charge is -2.19. The number of rotatable bonds is 4. The maximum Gasteiger partial charge on any atom is 0.337 e. The van der Waals surface area contributed by atoms with Gasteiger partial charge in [-0.1, -0.05) is 24.3 Å². The lowest BCUT2D eigenvalue weighted by molar-refractivity contribution is 0.0600. The summed E-state index contributed by atoms with van der Waals surface area (Å²) in [6.07, 6.45) is 0. The number of methoxy groups -OCH3 is 1. The molecule has 3 rings (SSSR count). The van der Waals surface area contributed by atoms with Crippen molar-refractivity contribution >= 4 is 29.3 Å². The number of carbonyl (C=O) groups excluding carboxylic acids is 1. The number of esters is 1. The first-order valence-electron chi connectivity index (χ1n) is 7.35. The molecule has 0 aliphatic carbocycles. The van der Waals surface area contributed by atoms with E-state index < -0.39 is 0 Å². The Morgan fingerprint density at radius 1 is 1.30 bits per heavy atom. The zero-order valence-corrected chi connectivity index (χ0v) is 14.3. The van der Waals surface area contributed by atoms with E-state index in [1.54, 1.807) is 17.8 Å². The van der Waals surface area contributed by atoms with Crippen LogP contribution in [0.3, 0.4) is 0 Å². The molecule has 1 unspecified atom stereocenters. The maximum atomic E-state index is 11.9. The standard InChI is InChI=1S/C18H17ClO3S/c1-21-18(20)12-6-7-16-15(10-12)17(23-9-8-19)14-5-3-2-4-13(14)11-22-16/h2-7,10,17H,8-9,11H2,1H3. The second-order valence-corrected chi connectivity index (χ2v) is 6.76. The minimum absolute atomic E-state index is 0.0899. The van der Waals surface area contributed by atoms with Gasteiger partial charge in [0, 0.05) is 17.2 Å². The molecule has 1 heterocycles. The molecule has 1 aliphatic heterocycles. The quantitative estimate of drug-likeness (QED) is 0.605. The first-order valence-corrected chi connectivity index (χ1v) is 8.93. The van der Waals surface area contributed by atoms with Crippen molar-refractivity contribution in [3.05, 3.63) is 64.7 Å². The summed E-state index contributed by atoms with van der Waals surface area (Å²) in [4.78, 5) is 11.9. The van der Waals surface area contributed by atoms with Crippen molar-refractivity contribution < 1.29 is 14.3 Å². The van der Waals surface area contributed by atoms with E-state index >= 15 is 0 Å². The summed E-state index contributed by atoms with van der Waals surface area (Å²) in [6, 6.07) is 13.7. The van der Waals surface area contributed by atoms with Crippen LogP contribution in [0.15, 0.2) is 42.5 Å². The Morgan fingerprint density at radius 3 is 2.91 bits per heavy atom. The number of alkyl halides is 1. The van der Waals surface area contributed by atoms with Crippen LogP contribution in [0.4, 0.5) is 0 Å². The van der Waals surface area contributed by atoms with Gasteiger partial charge in [-0.05, 0) is 29.3 Å². The van der Waals surface area contributed by atoms with Crippen LogP contribution >= 0.6 is 23.4 Å². The molecule has 3 nitrogen and oxygen atoms in total. The zero-order chi connectivity index (χ0) is 16.2. The zero-order valence-electron chi connectivity index (χ0n) is 12.8. The molecule has 0 saturated carbocycles. The van der Waals surface area contributed by atoms with E-state index in [1.165, 1.54) is 12.7 Å². The van der Waals surface area contributed by atoms with Gasteiger partial charge in [-0.15, -0.1) is 23.4 Å². The molecule has 1 atom stereocenters. The average molecular weight is 349 g/mol. The van der Waals surface area contributed by atoms with E-state index in [2.05, 4.69) is 12.1 Å². The molecular weight excluding hydrogens is 332 g/mol. The van der Waals surface area contributed by atoms with E-state index in [0.717, 1.165) is 22.6 Å². The Labute approximate surface area is 144 Å². The van der Waals surface area contributed by atoms with Crippen LogP contribution in [0.1, 0.15) is 32.3 Å². The van der Waals surface area contributed by atoms with Crippen LogP contribution in [0.25, 0.3) is 0 Å². The summed E-state index contributed by atoms with van der Waals surface area (Å²) < 4.78 is 10.8. The number of hydrogen-bond donors (Lipinski definition) is 0. The Bertz CT molecular complexity index is 717. The van der Waals surface area contributed by atoms with Gasteiger partial charge < -0.3 is 9.47 Å². The van der Waals surface area contributed by atoms with Gasteiger partial charge in [0.2, 0.25) is 0 Å². The minimum Gasteiger partial charge on any atom is -0.489 e.